The number of sulfonamides is 1. The third-order valence-electron chi connectivity index (χ3n) is 4.10. The number of anilines is 1. The van der Waals surface area contributed by atoms with Crippen molar-refractivity contribution >= 4 is 27.5 Å². The molecule has 1 fully saturated rings. The summed E-state index contributed by atoms with van der Waals surface area (Å²) in [5, 5.41) is 0. The largest absolute Gasteiger partial charge is 0.274 e. The number of hydrogen-bond acceptors (Lipinski definition) is 4. The molecule has 3 rings (SSSR count). The van der Waals surface area contributed by atoms with Crippen LogP contribution in [0.3, 0.4) is 0 Å². The molecule has 0 atom stereocenters. The second-order valence-electron chi connectivity index (χ2n) is 5.86. The Bertz CT molecular complexity index is 876. The molecule has 0 aromatic heterocycles. The van der Waals surface area contributed by atoms with E-state index >= 15 is 0 Å². The lowest BCUT2D eigenvalue weighted by molar-refractivity contribution is -0.121. The van der Waals surface area contributed by atoms with Crippen LogP contribution < -0.4 is 4.90 Å². The summed E-state index contributed by atoms with van der Waals surface area (Å²) in [5.74, 6) is -0.524. The number of nitrogens with zero attached hydrogens (tertiary/aromatic N) is 2. The third kappa shape index (κ3) is 3.47. The molecule has 1 saturated heterocycles. The lowest BCUT2D eigenvalue weighted by atomic mass is 10.2. The van der Waals surface area contributed by atoms with E-state index in [4.69, 9.17) is 0 Å². The predicted molar refractivity (Wildman–Crippen MR) is 93.3 cm³/mol. The van der Waals surface area contributed by atoms with E-state index < -0.39 is 10.0 Å². The van der Waals surface area contributed by atoms with Gasteiger partial charge in [0.1, 0.15) is 0 Å². The normalized spacial score (nSPS) is 15.2. The van der Waals surface area contributed by atoms with Crippen LogP contribution in [0.15, 0.2) is 59.5 Å². The van der Waals surface area contributed by atoms with Crippen LogP contribution >= 0.6 is 0 Å². The van der Waals surface area contributed by atoms with E-state index in [1.54, 1.807) is 0 Å². The first kappa shape index (κ1) is 17.3. The van der Waals surface area contributed by atoms with Crippen molar-refractivity contribution in [3.05, 3.63) is 60.2 Å². The number of benzene rings is 2. The molecule has 0 N–H and O–H groups in total. The van der Waals surface area contributed by atoms with Gasteiger partial charge in [0, 0.05) is 26.4 Å². The fourth-order valence-electron chi connectivity index (χ4n) is 2.74. The molecule has 1 aliphatic rings. The number of rotatable bonds is 5. The average molecular weight is 358 g/mol. The Morgan fingerprint density at radius 3 is 2.04 bits per heavy atom. The van der Waals surface area contributed by atoms with Crippen LogP contribution in [-0.4, -0.2) is 31.6 Å². The minimum absolute atomic E-state index is 0.119. The summed E-state index contributed by atoms with van der Waals surface area (Å²) < 4.78 is 26.6. The maximum absolute atomic E-state index is 12.7. The van der Waals surface area contributed by atoms with Crippen LogP contribution in [0.25, 0.3) is 0 Å². The summed E-state index contributed by atoms with van der Waals surface area (Å²) >= 11 is 0. The Kier molecular flexibility index (Phi) is 4.69. The van der Waals surface area contributed by atoms with E-state index in [-0.39, 0.29) is 36.1 Å². The van der Waals surface area contributed by atoms with Crippen LogP contribution in [0.5, 0.6) is 0 Å². The van der Waals surface area contributed by atoms with Crippen LogP contribution in [-0.2, 0) is 26.2 Å². The zero-order valence-electron chi connectivity index (χ0n) is 13.8. The summed E-state index contributed by atoms with van der Waals surface area (Å²) in [4.78, 5) is 24.7. The number of amides is 2. The van der Waals surface area contributed by atoms with Crippen molar-refractivity contribution in [3.8, 4) is 0 Å². The molecular formula is C18H18N2O4S. The molecule has 1 aliphatic heterocycles. The maximum atomic E-state index is 12.7. The molecule has 0 saturated carbocycles. The maximum Gasteiger partial charge on any atom is 0.243 e. The van der Waals surface area contributed by atoms with Gasteiger partial charge in [0.25, 0.3) is 0 Å². The van der Waals surface area contributed by atoms with Crippen molar-refractivity contribution in [2.45, 2.75) is 24.3 Å². The van der Waals surface area contributed by atoms with Crippen molar-refractivity contribution in [1.82, 2.24) is 4.31 Å². The van der Waals surface area contributed by atoms with Crippen LogP contribution in [0.4, 0.5) is 5.69 Å². The van der Waals surface area contributed by atoms with E-state index in [9.17, 15) is 18.0 Å². The molecule has 2 amide bonds. The first-order valence-electron chi connectivity index (χ1n) is 7.86. The summed E-state index contributed by atoms with van der Waals surface area (Å²) in [6, 6.07) is 15.1. The molecule has 0 aliphatic carbocycles. The molecule has 6 nitrogen and oxygen atoms in total. The Morgan fingerprint density at radius 1 is 0.920 bits per heavy atom. The van der Waals surface area contributed by atoms with Crippen molar-refractivity contribution in [3.63, 3.8) is 0 Å². The third-order valence-corrected chi connectivity index (χ3v) is 5.92. The minimum atomic E-state index is -3.66. The van der Waals surface area contributed by atoms with Crippen molar-refractivity contribution in [2.75, 3.05) is 11.9 Å². The summed E-state index contributed by atoms with van der Waals surface area (Å²) in [5.41, 5.74) is 1.29. The van der Waals surface area contributed by atoms with Gasteiger partial charge in [0.15, 0.2) is 0 Å². The number of carbonyl (C=O) groups is 2. The highest BCUT2D eigenvalue weighted by atomic mass is 32.2. The predicted octanol–water partition coefficient (Wildman–Crippen LogP) is 2.16. The minimum Gasteiger partial charge on any atom is -0.274 e. The van der Waals surface area contributed by atoms with E-state index in [1.807, 2.05) is 30.3 Å². The van der Waals surface area contributed by atoms with Gasteiger partial charge in [-0.15, -0.1) is 0 Å². The first-order chi connectivity index (χ1) is 11.9. The van der Waals surface area contributed by atoms with Gasteiger partial charge in [-0.05, 0) is 29.8 Å². The van der Waals surface area contributed by atoms with Gasteiger partial charge in [0.05, 0.1) is 10.6 Å². The fraction of sp³-hybridized carbons (Fsp3) is 0.222. The van der Waals surface area contributed by atoms with Gasteiger partial charge in [-0.3, -0.25) is 14.5 Å². The zero-order valence-corrected chi connectivity index (χ0v) is 14.6. The van der Waals surface area contributed by atoms with Gasteiger partial charge in [-0.25, -0.2) is 8.42 Å². The van der Waals surface area contributed by atoms with Crippen LogP contribution in [0.2, 0.25) is 0 Å². The summed E-state index contributed by atoms with van der Waals surface area (Å²) in [7, 11) is -2.14. The van der Waals surface area contributed by atoms with Crippen LogP contribution in [0.1, 0.15) is 18.4 Å². The Balaban J connectivity index is 1.81. The molecular weight excluding hydrogens is 340 g/mol. The van der Waals surface area contributed by atoms with E-state index in [1.165, 1.54) is 35.6 Å². The second-order valence-corrected chi connectivity index (χ2v) is 7.91. The molecule has 1 heterocycles. The molecule has 0 unspecified atom stereocenters. The number of hydrogen-bond donors (Lipinski definition) is 0. The molecule has 0 radical (unpaired) electrons. The number of imide groups is 1. The van der Waals surface area contributed by atoms with E-state index in [0.29, 0.717) is 5.69 Å². The quantitative estimate of drug-likeness (QED) is 0.768. The Morgan fingerprint density at radius 2 is 1.48 bits per heavy atom. The van der Waals surface area contributed by atoms with Crippen molar-refractivity contribution in [2.24, 2.45) is 0 Å². The molecule has 0 bridgehead atoms. The van der Waals surface area contributed by atoms with Gasteiger partial charge < -0.3 is 0 Å². The highest BCUT2D eigenvalue weighted by molar-refractivity contribution is 7.89. The van der Waals surface area contributed by atoms with E-state index in [0.717, 1.165) is 10.5 Å². The van der Waals surface area contributed by atoms with Crippen molar-refractivity contribution < 1.29 is 18.0 Å². The molecule has 0 spiro atoms. The SMILES string of the molecule is CN(Cc1ccccc1)S(=O)(=O)c1ccc(N2C(=O)CCC2=O)cc1. The molecule has 25 heavy (non-hydrogen) atoms. The number of carbonyl (C=O) groups excluding carboxylic acids is 2. The van der Waals surface area contributed by atoms with Gasteiger partial charge in [-0.2, -0.15) is 4.31 Å². The zero-order chi connectivity index (χ0) is 18.0. The topological polar surface area (TPSA) is 74.8 Å². The molecule has 2 aromatic rings. The molecule has 7 heteroatoms. The van der Waals surface area contributed by atoms with Crippen LogP contribution in [0, 0.1) is 0 Å². The Labute approximate surface area is 146 Å². The first-order valence-corrected chi connectivity index (χ1v) is 9.30. The standard InChI is InChI=1S/C18H18N2O4S/c1-19(13-14-5-3-2-4-6-14)25(23,24)16-9-7-15(8-10-16)20-17(21)11-12-18(20)22/h2-10H,11-13H2,1H3. The summed E-state index contributed by atoms with van der Waals surface area (Å²) in [6.45, 7) is 0.258. The van der Waals surface area contributed by atoms with Gasteiger partial charge in [0.2, 0.25) is 21.8 Å². The highest BCUT2D eigenvalue weighted by Gasteiger charge is 2.30. The molecule has 2 aromatic carbocycles. The monoisotopic (exact) mass is 358 g/mol. The Hall–Kier alpha value is -2.51. The lowest BCUT2D eigenvalue weighted by Crippen LogP contribution is -2.29. The highest BCUT2D eigenvalue weighted by Crippen LogP contribution is 2.25. The molecule has 130 valence electrons. The van der Waals surface area contributed by atoms with Gasteiger partial charge >= 0.3 is 0 Å². The van der Waals surface area contributed by atoms with E-state index in [2.05, 4.69) is 0 Å². The smallest absolute Gasteiger partial charge is 0.243 e. The summed E-state index contributed by atoms with van der Waals surface area (Å²) in [6.07, 6.45) is 0.386. The average Bonchev–Trinajstić information content (AvgIpc) is 2.94. The van der Waals surface area contributed by atoms with Gasteiger partial charge in [-0.1, -0.05) is 30.3 Å². The second kappa shape index (κ2) is 6.78. The van der Waals surface area contributed by atoms with Crippen molar-refractivity contribution in [1.29, 1.82) is 0 Å². The fourth-order valence-corrected chi connectivity index (χ4v) is 3.90. The lowest BCUT2D eigenvalue weighted by Gasteiger charge is -2.18.